The van der Waals surface area contributed by atoms with Crippen molar-refractivity contribution in [2.75, 3.05) is 25.1 Å². The summed E-state index contributed by atoms with van der Waals surface area (Å²) < 4.78 is 5.09. The van der Waals surface area contributed by atoms with E-state index in [1.165, 1.54) is 12.4 Å². The van der Waals surface area contributed by atoms with E-state index in [9.17, 15) is 9.90 Å². The molecule has 2 rings (SSSR count). The minimum atomic E-state index is -0.843. The van der Waals surface area contributed by atoms with E-state index < -0.39 is 5.60 Å². The molecule has 1 unspecified atom stereocenters. The molecule has 1 aromatic heterocycles. The molecule has 15 heavy (non-hydrogen) atoms. The largest absolute Gasteiger partial charge is 0.386 e. The molecule has 0 aromatic carbocycles. The lowest BCUT2D eigenvalue weighted by atomic mass is 10.0. The van der Waals surface area contributed by atoms with Crippen molar-refractivity contribution < 1.29 is 9.84 Å². The normalized spacial score (nSPS) is 25.4. The van der Waals surface area contributed by atoms with Crippen molar-refractivity contribution in [2.45, 2.75) is 12.0 Å². The predicted molar refractivity (Wildman–Crippen MR) is 53.7 cm³/mol. The van der Waals surface area contributed by atoms with Crippen LogP contribution in [0.1, 0.15) is 6.42 Å². The van der Waals surface area contributed by atoms with Crippen LogP contribution in [0.15, 0.2) is 17.2 Å². The van der Waals surface area contributed by atoms with Gasteiger partial charge in [-0.15, -0.1) is 0 Å². The van der Waals surface area contributed by atoms with Crippen molar-refractivity contribution in [2.24, 2.45) is 0 Å². The van der Waals surface area contributed by atoms with Crippen molar-refractivity contribution in [3.05, 3.63) is 22.7 Å². The molecule has 1 fully saturated rings. The molecule has 6 nitrogen and oxygen atoms in total. The summed E-state index contributed by atoms with van der Waals surface area (Å²) in [4.78, 5) is 17.3. The van der Waals surface area contributed by atoms with Crippen molar-refractivity contribution in [1.29, 1.82) is 0 Å². The molecule has 1 aliphatic heterocycles. The summed E-state index contributed by atoms with van der Waals surface area (Å²) in [6, 6.07) is 1.35. The first kappa shape index (κ1) is 10.1. The monoisotopic (exact) mass is 211 g/mol. The zero-order chi connectivity index (χ0) is 10.7. The van der Waals surface area contributed by atoms with Gasteiger partial charge in [0.2, 0.25) is 0 Å². The third-order valence-corrected chi connectivity index (χ3v) is 2.36. The molecule has 6 heteroatoms. The lowest BCUT2D eigenvalue weighted by Gasteiger charge is -2.20. The summed E-state index contributed by atoms with van der Waals surface area (Å²) in [5.41, 5.74) is -1.06. The molecule has 82 valence electrons. The highest BCUT2D eigenvalue weighted by molar-refractivity contribution is 5.32. The number of hydrogen-bond acceptors (Lipinski definition) is 5. The molecule has 3 N–H and O–H groups in total. The molecule has 1 atom stereocenters. The van der Waals surface area contributed by atoms with Crippen LogP contribution in [0.5, 0.6) is 0 Å². The molecule has 2 heterocycles. The average molecular weight is 211 g/mol. The van der Waals surface area contributed by atoms with Crippen LogP contribution >= 0.6 is 0 Å². The Labute approximate surface area is 86.3 Å². The van der Waals surface area contributed by atoms with E-state index in [2.05, 4.69) is 15.3 Å². The van der Waals surface area contributed by atoms with Crippen LogP contribution in [0.3, 0.4) is 0 Å². The standard InChI is InChI=1S/C9H13N3O3/c13-8-3-7(11-6-12-8)10-4-9(14)1-2-15-5-9/h3,6,14H,1-2,4-5H2,(H2,10,11,12,13). The van der Waals surface area contributed by atoms with Crippen LogP contribution in [0, 0.1) is 0 Å². The maximum Gasteiger partial charge on any atom is 0.252 e. The molecule has 1 saturated heterocycles. The lowest BCUT2D eigenvalue weighted by Crippen LogP contribution is -2.37. The first-order valence-corrected chi connectivity index (χ1v) is 4.77. The van der Waals surface area contributed by atoms with Gasteiger partial charge in [0.25, 0.3) is 5.56 Å². The second-order valence-electron chi connectivity index (χ2n) is 3.68. The van der Waals surface area contributed by atoms with Crippen LogP contribution in [-0.2, 0) is 4.74 Å². The molecule has 0 aliphatic carbocycles. The Morgan fingerprint density at radius 3 is 3.27 bits per heavy atom. The average Bonchev–Trinajstić information content (AvgIpc) is 2.63. The zero-order valence-electron chi connectivity index (χ0n) is 8.19. The molecule has 1 aromatic rings. The molecular weight excluding hydrogens is 198 g/mol. The maximum atomic E-state index is 10.9. The molecule has 0 spiro atoms. The van der Waals surface area contributed by atoms with Gasteiger partial charge < -0.3 is 20.1 Å². The minimum absolute atomic E-state index is 0.220. The van der Waals surface area contributed by atoms with Crippen LogP contribution < -0.4 is 10.9 Å². The molecule has 0 radical (unpaired) electrons. The number of nitrogens with zero attached hydrogens (tertiary/aromatic N) is 1. The van der Waals surface area contributed by atoms with E-state index >= 15 is 0 Å². The predicted octanol–water partition coefficient (Wildman–Crippen LogP) is -0.667. The zero-order valence-corrected chi connectivity index (χ0v) is 8.19. The first-order valence-electron chi connectivity index (χ1n) is 4.77. The number of anilines is 1. The minimum Gasteiger partial charge on any atom is -0.386 e. The van der Waals surface area contributed by atoms with Crippen molar-refractivity contribution in [1.82, 2.24) is 9.97 Å². The van der Waals surface area contributed by atoms with E-state index in [0.29, 0.717) is 32.0 Å². The van der Waals surface area contributed by atoms with Gasteiger partial charge in [0.15, 0.2) is 0 Å². The number of hydrogen-bond donors (Lipinski definition) is 3. The highest BCUT2D eigenvalue weighted by Crippen LogP contribution is 2.18. The maximum absolute atomic E-state index is 10.9. The highest BCUT2D eigenvalue weighted by atomic mass is 16.5. The Hall–Kier alpha value is -1.40. The molecule has 0 amide bonds. The lowest BCUT2D eigenvalue weighted by molar-refractivity contribution is 0.0381. The van der Waals surface area contributed by atoms with Gasteiger partial charge in [0.1, 0.15) is 11.4 Å². The Morgan fingerprint density at radius 1 is 1.73 bits per heavy atom. The first-order chi connectivity index (χ1) is 7.18. The van der Waals surface area contributed by atoms with Crippen molar-refractivity contribution in [3.63, 3.8) is 0 Å². The number of aromatic nitrogens is 2. The highest BCUT2D eigenvalue weighted by Gasteiger charge is 2.31. The van der Waals surface area contributed by atoms with Crippen LogP contribution in [0.25, 0.3) is 0 Å². The quantitative estimate of drug-likeness (QED) is 0.617. The molecule has 1 aliphatic rings. The van der Waals surface area contributed by atoms with Gasteiger partial charge in [0.05, 0.1) is 12.9 Å². The summed E-state index contributed by atoms with van der Waals surface area (Å²) in [5.74, 6) is 0.457. The smallest absolute Gasteiger partial charge is 0.252 e. The Morgan fingerprint density at radius 2 is 2.60 bits per heavy atom. The second kappa shape index (κ2) is 4.00. The van der Waals surface area contributed by atoms with Crippen LogP contribution in [-0.4, -0.2) is 40.4 Å². The second-order valence-corrected chi connectivity index (χ2v) is 3.68. The summed E-state index contributed by atoms with van der Waals surface area (Å²) >= 11 is 0. The van der Waals surface area contributed by atoms with E-state index in [1.807, 2.05) is 0 Å². The number of ether oxygens (including phenoxy) is 1. The molecular formula is C9H13N3O3. The van der Waals surface area contributed by atoms with Gasteiger partial charge in [-0.3, -0.25) is 4.79 Å². The third-order valence-electron chi connectivity index (χ3n) is 2.36. The Balaban J connectivity index is 1.95. The number of aliphatic hydroxyl groups is 1. The fourth-order valence-corrected chi connectivity index (χ4v) is 1.46. The van der Waals surface area contributed by atoms with E-state index in [-0.39, 0.29) is 5.56 Å². The SMILES string of the molecule is O=c1cc(NCC2(O)CCOC2)nc[nH]1. The topological polar surface area (TPSA) is 87.2 Å². The van der Waals surface area contributed by atoms with Gasteiger partial charge in [0, 0.05) is 25.6 Å². The van der Waals surface area contributed by atoms with Crippen LogP contribution in [0.4, 0.5) is 5.82 Å². The summed E-state index contributed by atoms with van der Waals surface area (Å²) in [7, 11) is 0. The fourth-order valence-electron chi connectivity index (χ4n) is 1.46. The fraction of sp³-hybridized carbons (Fsp3) is 0.556. The summed E-state index contributed by atoms with van der Waals surface area (Å²) in [5, 5.41) is 12.8. The Bertz CT molecular complexity index is 384. The number of aromatic amines is 1. The number of rotatable bonds is 3. The summed E-state index contributed by atoms with van der Waals surface area (Å²) in [6.07, 6.45) is 1.92. The van der Waals surface area contributed by atoms with Gasteiger partial charge in [-0.05, 0) is 0 Å². The van der Waals surface area contributed by atoms with Crippen molar-refractivity contribution in [3.8, 4) is 0 Å². The van der Waals surface area contributed by atoms with E-state index in [4.69, 9.17) is 4.74 Å². The van der Waals surface area contributed by atoms with Gasteiger partial charge in [-0.2, -0.15) is 0 Å². The van der Waals surface area contributed by atoms with E-state index in [0.717, 1.165) is 0 Å². The van der Waals surface area contributed by atoms with Gasteiger partial charge in [-0.25, -0.2) is 4.98 Å². The van der Waals surface area contributed by atoms with Gasteiger partial charge in [-0.1, -0.05) is 0 Å². The van der Waals surface area contributed by atoms with Crippen LogP contribution in [0.2, 0.25) is 0 Å². The number of nitrogens with one attached hydrogen (secondary N) is 2. The third kappa shape index (κ3) is 2.54. The Kier molecular flexibility index (Phi) is 2.70. The summed E-state index contributed by atoms with van der Waals surface area (Å²) in [6.45, 7) is 1.23. The van der Waals surface area contributed by atoms with E-state index in [1.54, 1.807) is 0 Å². The molecule has 0 bridgehead atoms. The molecule has 0 saturated carbocycles. The number of H-pyrrole nitrogens is 1. The van der Waals surface area contributed by atoms with Crippen molar-refractivity contribution >= 4 is 5.82 Å². The van der Waals surface area contributed by atoms with Gasteiger partial charge >= 0.3 is 0 Å².